The van der Waals surface area contributed by atoms with Gasteiger partial charge in [0.25, 0.3) is 0 Å². The molecule has 72 valence electrons. The summed E-state index contributed by atoms with van der Waals surface area (Å²) in [6, 6.07) is 0. The zero-order chi connectivity index (χ0) is 9.42. The van der Waals surface area contributed by atoms with Gasteiger partial charge in [-0.3, -0.25) is 0 Å². The van der Waals surface area contributed by atoms with Crippen LogP contribution < -0.4 is 0 Å². The molecule has 0 aromatic carbocycles. The molecule has 1 heterocycles. The summed E-state index contributed by atoms with van der Waals surface area (Å²) in [6.07, 6.45) is 2.19. The van der Waals surface area contributed by atoms with Crippen LogP contribution in [0.2, 0.25) is 0 Å². The fraction of sp³-hybridized carbons (Fsp3) is 0.778. The molecule has 2 atom stereocenters. The van der Waals surface area contributed by atoms with Crippen LogP contribution >= 0.6 is 0 Å². The fourth-order valence-electron chi connectivity index (χ4n) is 2.64. The lowest BCUT2D eigenvalue weighted by Crippen LogP contribution is -2.44. The van der Waals surface area contributed by atoms with Crippen LogP contribution in [0.1, 0.15) is 12.8 Å². The van der Waals surface area contributed by atoms with Crippen molar-refractivity contribution in [2.45, 2.75) is 12.8 Å². The van der Waals surface area contributed by atoms with Crippen molar-refractivity contribution in [3.05, 3.63) is 0 Å². The van der Waals surface area contributed by atoms with E-state index in [2.05, 4.69) is 0 Å². The molecule has 13 heavy (non-hydrogen) atoms. The van der Waals surface area contributed by atoms with E-state index in [0.717, 1.165) is 19.1 Å². The largest absolute Gasteiger partial charge is 0.465 e. The number of rotatable bonds is 1. The quantitative estimate of drug-likeness (QED) is 0.612. The molecule has 2 unspecified atom stereocenters. The minimum absolute atomic E-state index is 0.121. The second-order valence-electron chi connectivity index (χ2n) is 4.00. The summed E-state index contributed by atoms with van der Waals surface area (Å²) in [4.78, 5) is 22.9. The number of hydrogen-bond acceptors (Lipinski definition) is 2. The lowest BCUT2D eigenvalue weighted by molar-refractivity contribution is -0.114. The van der Waals surface area contributed by atoms with Crippen molar-refractivity contribution < 1.29 is 14.7 Å². The average Bonchev–Trinajstić information content (AvgIpc) is 2.34. The monoisotopic (exact) mass is 183 g/mol. The van der Waals surface area contributed by atoms with E-state index in [1.54, 1.807) is 0 Å². The summed E-state index contributed by atoms with van der Waals surface area (Å²) in [6.45, 7) is 1.10. The number of piperidine rings is 1. The zero-order valence-corrected chi connectivity index (χ0v) is 7.35. The third kappa shape index (κ3) is 1.30. The molecule has 1 aliphatic carbocycles. The number of likely N-dealkylation sites (tertiary alicyclic amines) is 1. The highest BCUT2D eigenvalue weighted by Crippen LogP contribution is 2.40. The highest BCUT2D eigenvalue weighted by atomic mass is 16.4. The van der Waals surface area contributed by atoms with Gasteiger partial charge in [0.2, 0.25) is 0 Å². The molecule has 1 aliphatic heterocycles. The van der Waals surface area contributed by atoms with Crippen molar-refractivity contribution in [1.29, 1.82) is 0 Å². The smallest absolute Gasteiger partial charge is 0.407 e. The van der Waals surface area contributed by atoms with Gasteiger partial charge in [-0.2, -0.15) is 0 Å². The normalized spacial score (nSPS) is 37.5. The molecule has 0 radical (unpaired) electrons. The number of amides is 1. The van der Waals surface area contributed by atoms with Gasteiger partial charge in [-0.15, -0.1) is 0 Å². The Balaban J connectivity index is 2.10. The molecule has 0 aromatic rings. The Bertz CT molecular complexity index is 227. The van der Waals surface area contributed by atoms with Crippen molar-refractivity contribution in [2.24, 2.45) is 17.8 Å². The number of aldehydes is 1. The third-order valence-corrected chi connectivity index (χ3v) is 3.33. The lowest BCUT2D eigenvalue weighted by Gasteiger charge is -2.33. The van der Waals surface area contributed by atoms with E-state index in [9.17, 15) is 9.59 Å². The van der Waals surface area contributed by atoms with Gasteiger partial charge in [-0.05, 0) is 24.7 Å². The predicted molar refractivity (Wildman–Crippen MR) is 45.4 cm³/mol. The second kappa shape index (κ2) is 3.01. The van der Waals surface area contributed by atoms with Crippen molar-refractivity contribution in [3.8, 4) is 0 Å². The number of carbonyl (C=O) groups excluding carboxylic acids is 1. The van der Waals surface area contributed by atoms with Crippen LogP contribution in [0.4, 0.5) is 4.79 Å². The van der Waals surface area contributed by atoms with E-state index in [1.807, 2.05) is 0 Å². The third-order valence-electron chi connectivity index (χ3n) is 3.33. The van der Waals surface area contributed by atoms with Crippen molar-refractivity contribution in [1.82, 2.24) is 4.90 Å². The van der Waals surface area contributed by atoms with Crippen LogP contribution in [0.25, 0.3) is 0 Å². The second-order valence-corrected chi connectivity index (χ2v) is 4.00. The van der Waals surface area contributed by atoms with Crippen LogP contribution in [-0.4, -0.2) is 35.5 Å². The summed E-state index contributed by atoms with van der Waals surface area (Å²) in [7, 11) is 0. The van der Waals surface area contributed by atoms with E-state index >= 15 is 0 Å². The molecule has 1 saturated carbocycles. The van der Waals surface area contributed by atoms with Crippen molar-refractivity contribution in [2.75, 3.05) is 13.1 Å². The van der Waals surface area contributed by atoms with E-state index in [1.165, 1.54) is 4.90 Å². The van der Waals surface area contributed by atoms with Gasteiger partial charge in [0.05, 0.1) is 0 Å². The average molecular weight is 183 g/mol. The van der Waals surface area contributed by atoms with E-state index in [4.69, 9.17) is 5.11 Å². The molecular formula is C9H13NO3. The van der Waals surface area contributed by atoms with Crippen molar-refractivity contribution in [3.63, 3.8) is 0 Å². The first kappa shape index (κ1) is 8.53. The molecule has 4 nitrogen and oxygen atoms in total. The molecule has 0 spiro atoms. The Morgan fingerprint density at radius 1 is 1.31 bits per heavy atom. The Morgan fingerprint density at radius 2 is 1.85 bits per heavy atom. The molecular weight excluding hydrogens is 170 g/mol. The highest BCUT2D eigenvalue weighted by molar-refractivity contribution is 5.66. The zero-order valence-electron chi connectivity index (χ0n) is 7.35. The number of hydrogen-bond donors (Lipinski definition) is 1. The number of nitrogens with zero attached hydrogens (tertiary/aromatic N) is 1. The Morgan fingerprint density at radius 3 is 2.23 bits per heavy atom. The van der Waals surface area contributed by atoms with Gasteiger partial charge < -0.3 is 14.8 Å². The molecule has 2 rings (SSSR count). The summed E-state index contributed by atoms with van der Waals surface area (Å²) in [5.74, 6) is 0.690. The van der Waals surface area contributed by atoms with Crippen LogP contribution in [0.5, 0.6) is 0 Å². The summed E-state index contributed by atoms with van der Waals surface area (Å²) in [5, 5.41) is 8.80. The molecule has 1 saturated heterocycles. The SMILES string of the molecule is O=CC1C2CCC1CN(C(=O)O)C2. The maximum absolute atomic E-state index is 10.7. The molecule has 2 bridgehead atoms. The fourth-order valence-corrected chi connectivity index (χ4v) is 2.64. The minimum Gasteiger partial charge on any atom is -0.465 e. The van der Waals surface area contributed by atoms with E-state index < -0.39 is 6.09 Å². The van der Waals surface area contributed by atoms with Crippen molar-refractivity contribution >= 4 is 12.4 Å². The van der Waals surface area contributed by atoms with Gasteiger partial charge in [-0.25, -0.2) is 4.79 Å². The minimum atomic E-state index is -0.846. The van der Waals surface area contributed by atoms with Gasteiger partial charge in [-0.1, -0.05) is 0 Å². The number of carboxylic acid groups (broad SMARTS) is 1. The molecule has 4 heteroatoms. The Hall–Kier alpha value is -1.06. The predicted octanol–water partition coefficient (Wildman–Crippen LogP) is 0.821. The van der Waals surface area contributed by atoms with Gasteiger partial charge in [0.1, 0.15) is 6.29 Å². The first-order valence-corrected chi connectivity index (χ1v) is 4.65. The summed E-state index contributed by atoms with van der Waals surface area (Å²) >= 11 is 0. The summed E-state index contributed by atoms with van der Waals surface area (Å²) < 4.78 is 0. The lowest BCUT2D eigenvalue weighted by atomic mass is 9.86. The van der Waals surface area contributed by atoms with Crippen LogP contribution in [0.3, 0.4) is 0 Å². The van der Waals surface area contributed by atoms with Gasteiger partial charge >= 0.3 is 6.09 Å². The number of carbonyl (C=O) groups is 2. The first-order chi connectivity index (χ1) is 6.22. The first-order valence-electron chi connectivity index (χ1n) is 4.65. The Labute approximate surface area is 76.5 Å². The van der Waals surface area contributed by atoms with Crippen LogP contribution in [0.15, 0.2) is 0 Å². The molecule has 2 aliphatic rings. The van der Waals surface area contributed by atoms with Crippen LogP contribution in [-0.2, 0) is 4.79 Å². The standard InChI is InChI=1S/C9H13NO3/c11-5-8-6-1-2-7(8)4-10(3-6)9(12)13/h5-8H,1-4H2,(H,12,13). The molecule has 1 amide bonds. The maximum atomic E-state index is 10.7. The van der Waals surface area contributed by atoms with Crippen LogP contribution in [0, 0.1) is 17.8 Å². The van der Waals surface area contributed by atoms with Gasteiger partial charge in [0, 0.05) is 19.0 Å². The molecule has 1 N–H and O–H groups in total. The summed E-state index contributed by atoms with van der Waals surface area (Å²) in [5.41, 5.74) is 0. The highest BCUT2D eigenvalue weighted by Gasteiger charge is 2.42. The van der Waals surface area contributed by atoms with E-state index in [0.29, 0.717) is 13.1 Å². The van der Waals surface area contributed by atoms with Gasteiger partial charge in [0.15, 0.2) is 0 Å². The topological polar surface area (TPSA) is 57.6 Å². The van der Waals surface area contributed by atoms with E-state index in [-0.39, 0.29) is 17.8 Å². The maximum Gasteiger partial charge on any atom is 0.407 e. The number of fused-ring (bicyclic) bond motifs is 2. The Kier molecular flexibility index (Phi) is 1.98. The molecule has 2 fully saturated rings. The molecule has 0 aromatic heterocycles.